The molecule has 8 heteroatoms. The number of carbonyl (C=O) groups is 1. The van der Waals surface area contributed by atoms with Crippen molar-refractivity contribution < 1.29 is 13.2 Å². The normalized spacial score (nSPS) is 14.2. The van der Waals surface area contributed by atoms with E-state index in [0.29, 0.717) is 29.4 Å². The smallest absolute Gasteiger partial charge is 0.264 e. The highest BCUT2D eigenvalue weighted by atomic mass is 35.5. The third kappa shape index (κ3) is 4.76. The van der Waals surface area contributed by atoms with Crippen molar-refractivity contribution in [3.8, 4) is 0 Å². The lowest BCUT2D eigenvalue weighted by atomic mass is 10.1. The van der Waals surface area contributed by atoms with Crippen LogP contribution >= 0.6 is 11.6 Å². The first-order chi connectivity index (χ1) is 16.2. The molecule has 0 atom stereocenters. The van der Waals surface area contributed by atoms with Crippen LogP contribution in [0.4, 0.5) is 11.4 Å². The van der Waals surface area contributed by atoms with E-state index in [9.17, 15) is 13.2 Å². The second-order valence-electron chi connectivity index (χ2n) is 8.47. The highest BCUT2D eigenvalue weighted by Gasteiger charge is 2.25. The van der Waals surface area contributed by atoms with Crippen molar-refractivity contribution in [1.29, 1.82) is 0 Å². The average molecular weight is 498 g/mol. The van der Waals surface area contributed by atoms with Crippen LogP contribution in [0.1, 0.15) is 21.5 Å². The highest BCUT2D eigenvalue weighted by molar-refractivity contribution is 7.92. The van der Waals surface area contributed by atoms with Crippen molar-refractivity contribution in [2.75, 3.05) is 42.4 Å². The second-order valence-corrected chi connectivity index (χ2v) is 10.9. The zero-order valence-corrected chi connectivity index (χ0v) is 21.1. The van der Waals surface area contributed by atoms with Gasteiger partial charge in [-0.25, -0.2) is 8.42 Å². The minimum atomic E-state index is -3.73. The Bertz CT molecular complexity index is 1280. The van der Waals surface area contributed by atoms with E-state index < -0.39 is 10.0 Å². The molecule has 0 aliphatic carbocycles. The maximum Gasteiger partial charge on any atom is 0.264 e. The van der Waals surface area contributed by atoms with Gasteiger partial charge < -0.3 is 9.80 Å². The number of hydrogen-bond acceptors (Lipinski definition) is 4. The van der Waals surface area contributed by atoms with Gasteiger partial charge in [0.15, 0.2) is 0 Å². The summed E-state index contributed by atoms with van der Waals surface area (Å²) in [5.41, 5.74) is 4.78. The molecule has 1 saturated heterocycles. The number of anilines is 2. The second kappa shape index (κ2) is 9.68. The third-order valence-electron chi connectivity index (χ3n) is 6.43. The molecular weight excluding hydrogens is 470 g/mol. The SMILES string of the molecule is Cc1cccc(N2CCN(C(=O)c3ccc(N(C)S(=O)(=O)c4ccc(Cl)cc4)cc3)CC2)c1C. The van der Waals surface area contributed by atoms with Crippen LogP contribution in [-0.2, 0) is 10.0 Å². The molecule has 0 radical (unpaired) electrons. The molecule has 0 bridgehead atoms. The summed E-state index contributed by atoms with van der Waals surface area (Å²) in [7, 11) is -2.23. The molecule has 178 valence electrons. The molecule has 4 rings (SSSR count). The van der Waals surface area contributed by atoms with Gasteiger partial charge in [-0.15, -0.1) is 0 Å². The van der Waals surface area contributed by atoms with E-state index in [0.717, 1.165) is 13.1 Å². The zero-order chi connectivity index (χ0) is 24.5. The molecule has 0 N–H and O–H groups in total. The number of halogens is 1. The molecule has 1 fully saturated rings. The molecule has 6 nitrogen and oxygen atoms in total. The summed E-state index contributed by atoms with van der Waals surface area (Å²) >= 11 is 5.87. The monoisotopic (exact) mass is 497 g/mol. The molecule has 1 aliphatic rings. The molecule has 0 unspecified atom stereocenters. The summed E-state index contributed by atoms with van der Waals surface area (Å²) in [4.78, 5) is 17.4. The molecule has 3 aromatic carbocycles. The quantitative estimate of drug-likeness (QED) is 0.510. The topological polar surface area (TPSA) is 60.9 Å². The number of benzene rings is 3. The van der Waals surface area contributed by atoms with Crippen LogP contribution in [0.25, 0.3) is 0 Å². The minimum Gasteiger partial charge on any atom is -0.368 e. The van der Waals surface area contributed by atoms with E-state index in [1.807, 2.05) is 4.90 Å². The van der Waals surface area contributed by atoms with Crippen LogP contribution in [0, 0.1) is 13.8 Å². The predicted octanol–water partition coefficient (Wildman–Crippen LogP) is 4.74. The van der Waals surface area contributed by atoms with Crippen LogP contribution in [0.15, 0.2) is 71.6 Å². The molecule has 1 amide bonds. The van der Waals surface area contributed by atoms with Crippen molar-refractivity contribution in [3.63, 3.8) is 0 Å². The summed E-state index contributed by atoms with van der Waals surface area (Å²) in [5.74, 6) is -0.0459. The number of sulfonamides is 1. The number of amides is 1. The number of aryl methyl sites for hydroxylation is 1. The fraction of sp³-hybridized carbons (Fsp3) is 0.269. The van der Waals surface area contributed by atoms with Crippen LogP contribution in [0.5, 0.6) is 0 Å². The molecular formula is C26H28ClN3O3S. The van der Waals surface area contributed by atoms with E-state index in [4.69, 9.17) is 11.6 Å². The lowest BCUT2D eigenvalue weighted by Crippen LogP contribution is -2.49. The Balaban J connectivity index is 1.42. The maximum atomic E-state index is 13.1. The fourth-order valence-electron chi connectivity index (χ4n) is 4.13. The van der Waals surface area contributed by atoms with Crippen LogP contribution in [0.2, 0.25) is 5.02 Å². The Morgan fingerprint density at radius 2 is 1.50 bits per heavy atom. The molecule has 1 heterocycles. The molecule has 0 aromatic heterocycles. The third-order valence-corrected chi connectivity index (χ3v) is 8.49. The Morgan fingerprint density at radius 1 is 0.882 bits per heavy atom. The number of nitrogens with zero attached hydrogens (tertiary/aromatic N) is 3. The van der Waals surface area contributed by atoms with E-state index in [1.54, 1.807) is 36.4 Å². The fourth-order valence-corrected chi connectivity index (χ4v) is 5.45. The number of rotatable bonds is 5. The summed E-state index contributed by atoms with van der Waals surface area (Å²) in [6, 6.07) is 19.0. The number of carbonyl (C=O) groups excluding carboxylic acids is 1. The van der Waals surface area contributed by atoms with Gasteiger partial charge in [-0.3, -0.25) is 9.10 Å². The lowest BCUT2D eigenvalue weighted by Gasteiger charge is -2.37. The van der Waals surface area contributed by atoms with Crippen molar-refractivity contribution >= 4 is 38.9 Å². The highest BCUT2D eigenvalue weighted by Crippen LogP contribution is 2.26. The number of hydrogen-bond donors (Lipinski definition) is 0. The number of piperazine rings is 1. The Labute approximate surface area is 206 Å². The van der Waals surface area contributed by atoms with Gasteiger partial charge in [-0.05, 0) is 79.6 Å². The summed E-state index contributed by atoms with van der Waals surface area (Å²) in [6.45, 7) is 7.07. The Hall–Kier alpha value is -3.03. The van der Waals surface area contributed by atoms with E-state index in [-0.39, 0.29) is 10.8 Å². The van der Waals surface area contributed by atoms with Gasteiger partial charge in [0.1, 0.15) is 0 Å². The first-order valence-corrected chi connectivity index (χ1v) is 13.0. The molecule has 0 saturated carbocycles. The Morgan fingerprint density at radius 3 is 2.12 bits per heavy atom. The first kappa shape index (κ1) is 24.1. The van der Waals surface area contributed by atoms with Crippen molar-refractivity contribution in [2.24, 2.45) is 0 Å². The molecule has 1 aliphatic heterocycles. The summed E-state index contributed by atoms with van der Waals surface area (Å²) in [5, 5.41) is 0.472. The minimum absolute atomic E-state index is 0.0459. The van der Waals surface area contributed by atoms with Gasteiger partial charge in [0.2, 0.25) is 0 Å². The molecule has 0 spiro atoms. The van der Waals surface area contributed by atoms with Crippen molar-refractivity contribution in [2.45, 2.75) is 18.7 Å². The van der Waals surface area contributed by atoms with Crippen LogP contribution in [-0.4, -0.2) is 52.5 Å². The van der Waals surface area contributed by atoms with Gasteiger partial charge in [0.25, 0.3) is 15.9 Å². The molecule has 3 aromatic rings. The van der Waals surface area contributed by atoms with Gasteiger partial charge in [-0.2, -0.15) is 0 Å². The predicted molar refractivity (Wildman–Crippen MR) is 138 cm³/mol. The van der Waals surface area contributed by atoms with Crippen molar-refractivity contribution in [3.05, 3.63) is 88.4 Å². The van der Waals surface area contributed by atoms with Crippen LogP contribution in [0.3, 0.4) is 0 Å². The largest absolute Gasteiger partial charge is 0.368 e. The van der Waals surface area contributed by atoms with Gasteiger partial charge in [0.05, 0.1) is 10.6 Å². The lowest BCUT2D eigenvalue weighted by molar-refractivity contribution is 0.0747. The van der Waals surface area contributed by atoms with Gasteiger partial charge in [-0.1, -0.05) is 23.7 Å². The van der Waals surface area contributed by atoms with E-state index >= 15 is 0 Å². The average Bonchev–Trinajstić information content (AvgIpc) is 2.85. The maximum absolute atomic E-state index is 13.1. The summed E-state index contributed by atoms with van der Waals surface area (Å²) in [6.07, 6.45) is 0. The van der Waals surface area contributed by atoms with Gasteiger partial charge in [0, 0.05) is 49.5 Å². The standard InChI is InChI=1S/C26H28ClN3O3S/c1-19-5-4-6-25(20(19)2)29-15-17-30(18-16-29)26(31)21-7-11-23(12-8-21)28(3)34(32,33)24-13-9-22(27)10-14-24/h4-14H,15-18H2,1-3H3. The molecule has 34 heavy (non-hydrogen) atoms. The van der Waals surface area contributed by atoms with Gasteiger partial charge >= 0.3 is 0 Å². The van der Waals surface area contributed by atoms with Crippen molar-refractivity contribution in [1.82, 2.24) is 4.90 Å². The zero-order valence-electron chi connectivity index (χ0n) is 19.5. The first-order valence-electron chi connectivity index (χ1n) is 11.1. The Kier molecular flexibility index (Phi) is 6.86. The van der Waals surface area contributed by atoms with Crippen LogP contribution < -0.4 is 9.21 Å². The van der Waals surface area contributed by atoms with E-state index in [1.165, 1.54) is 40.3 Å². The van der Waals surface area contributed by atoms with E-state index in [2.05, 4.69) is 36.9 Å². The summed E-state index contributed by atoms with van der Waals surface area (Å²) < 4.78 is 27.0.